The van der Waals surface area contributed by atoms with Crippen LogP contribution in [0.15, 0.2) is 35.2 Å². The lowest BCUT2D eigenvalue weighted by Crippen LogP contribution is -2.14. The highest BCUT2D eigenvalue weighted by Crippen LogP contribution is 2.39. The van der Waals surface area contributed by atoms with Crippen LogP contribution >= 0.6 is 0 Å². The normalized spacial score (nSPS) is 14.8. The third-order valence-corrected chi connectivity index (χ3v) is 4.73. The Morgan fingerprint density at radius 1 is 1.32 bits per heavy atom. The minimum Gasteiger partial charge on any atom is -0.309 e. The van der Waals surface area contributed by atoms with Crippen molar-refractivity contribution in [2.75, 3.05) is 11.6 Å². The second-order valence-corrected chi connectivity index (χ2v) is 7.64. The predicted octanol–water partition coefficient (Wildman–Crippen LogP) is 1.87. The average molecular weight is 319 g/mol. The largest absolute Gasteiger partial charge is 0.309 e. The maximum atomic E-state index is 12.0. The lowest BCUT2D eigenvalue weighted by molar-refractivity contribution is -0.115. The topological polar surface area (TPSA) is 91.9 Å². The van der Waals surface area contributed by atoms with Gasteiger partial charge in [-0.25, -0.2) is 8.42 Å². The number of H-pyrrole nitrogens is 1. The molecule has 1 heterocycles. The number of aromatic nitrogens is 2. The van der Waals surface area contributed by atoms with E-state index in [1.54, 1.807) is 12.1 Å². The Balaban J connectivity index is 1.61. The first kappa shape index (κ1) is 14.8. The van der Waals surface area contributed by atoms with Gasteiger partial charge in [0.05, 0.1) is 11.3 Å². The molecule has 2 aromatic rings. The molecular formula is C15H17N3O3S. The van der Waals surface area contributed by atoms with Gasteiger partial charge in [-0.1, -0.05) is 12.1 Å². The zero-order valence-corrected chi connectivity index (χ0v) is 13.0. The standard InChI is InChI=1S/C15H17N3O3S/c1-22(20,21)12-6-2-10(3-7-12)8-15(19)16-14-9-13(17-18-14)11-4-5-11/h2-3,6-7,9,11H,4-5,8H2,1H3,(H2,16,17,18,19). The fraction of sp³-hybridized carbons (Fsp3) is 0.333. The maximum Gasteiger partial charge on any atom is 0.229 e. The van der Waals surface area contributed by atoms with Crippen molar-refractivity contribution in [2.24, 2.45) is 0 Å². The molecular weight excluding hydrogens is 302 g/mol. The highest BCUT2D eigenvalue weighted by Gasteiger charge is 2.25. The lowest BCUT2D eigenvalue weighted by atomic mass is 10.1. The number of anilines is 1. The molecule has 1 saturated carbocycles. The third kappa shape index (κ3) is 3.54. The molecule has 0 saturated heterocycles. The number of carbonyl (C=O) groups is 1. The number of sulfone groups is 1. The van der Waals surface area contributed by atoms with Crippen molar-refractivity contribution in [1.29, 1.82) is 0 Å². The number of rotatable bonds is 5. The predicted molar refractivity (Wildman–Crippen MR) is 82.4 cm³/mol. The maximum absolute atomic E-state index is 12.0. The summed E-state index contributed by atoms with van der Waals surface area (Å²) in [6.45, 7) is 0. The van der Waals surface area contributed by atoms with Crippen LogP contribution in [-0.2, 0) is 21.1 Å². The van der Waals surface area contributed by atoms with Gasteiger partial charge in [-0.2, -0.15) is 5.10 Å². The van der Waals surface area contributed by atoms with E-state index in [0.29, 0.717) is 11.7 Å². The fourth-order valence-corrected chi connectivity index (χ4v) is 2.86. The Morgan fingerprint density at radius 3 is 2.59 bits per heavy atom. The zero-order valence-electron chi connectivity index (χ0n) is 12.2. The molecule has 1 aromatic carbocycles. The molecule has 1 fully saturated rings. The van der Waals surface area contributed by atoms with Crippen molar-refractivity contribution in [3.05, 3.63) is 41.6 Å². The van der Waals surface area contributed by atoms with E-state index in [1.807, 2.05) is 6.07 Å². The van der Waals surface area contributed by atoms with E-state index in [2.05, 4.69) is 15.5 Å². The summed E-state index contributed by atoms with van der Waals surface area (Å²) in [7, 11) is -3.21. The molecule has 3 rings (SSSR count). The van der Waals surface area contributed by atoms with Crippen molar-refractivity contribution in [2.45, 2.75) is 30.1 Å². The summed E-state index contributed by atoms with van der Waals surface area (Å²) >= 11 is 0. The molecule has 0 atom stereocenters. The first-order valence-electron chi connectivity index (χ1n) is 7.06. The van der Waals surface area contributed by atoms with Gasteiger partial charge in [-0.05, 0) is 30.5 Å². The smallest absolute Gasteiger partial charge is 0.229 e. The molecule has 6 nitrogen and oxygen atoms in total. The third-order valence-electron chi connectivity index (χ3n) is 3.60. The Labute approximate surface area is 128 Å². The number of nitrogens with zero attached hydrogens (tertiary/aromatic N) is 1. The van der Waals surface area contributed by atoms with Crippen LogP contribution in [0, 0.1) is 0 Å². The molecule has 1 aromatic heterocycles. The second-order valence-electron chi connectivity index (χ2n) is 5.62. The van der Waals surface area contributed by atoms with E-state index in [0.717, 1.165) is 17.5 Å². The molecule has 0 radical (unpaired) electrons. The zero-order chi connectivity index (χ0) is 15.7. The first-order valence-corrected chi connectivity index (χ1v) is 8.95. The monoisotopic (exact) mass is 319 g/mol. The molecule has 0 bridgehead atoms. The van der Waals surface area contributed by atoms with Crippen LogP contribution in [0.3, 0.4) is 0 Å². The summed E-state index contributed by atoms with van der Waals surface area (Å²) in [4.78, 5) is 12.2. The van der Waals surface area contributed by atoms with Crippen LogP contribution < -0.4 is 5.32 Å². The van der Waals surface area contributed by atoms with Gasteiger partial charge in [-0.15, -0.1) is 0 Å². The van der Waals surface area contributed by atoms with Crippen molar-refractivity contribution < 1.29 is 13.2 Å². The van der Waals surface area contributed by atoms with Gasteiger partial charge in [-0.3, -0.25) is 9.89 Å². The molecule has 116 valence electrons. The minimum absolute atomic E-state index is 0.176. The molecule has 0 unspecified atom stereocenters. The highest BCUT2D eigenvalue weighted by molar-refractivity contribution is 7.90. The molecule has 2 N–H and O–H groups in total. The van der Waals surface area contributed by atoms with Crippen molar-refractivity contribution >= 4 is 21.6 Å². The van der Waals surface area contributed by atoms with E-state index in [-0.39, 0.29) is 17.2 Å². The Bertz CT molecular complexity index is 790. The van der Waals surface area contributed by atoms with E-state index >= 15 is 0 Å². The summed E-state index contributed by atoms with van der Waals surface area (Å²) in [5.41, 5.74) is 1.82. The Kier molecular flexibility index (Phi) is 3.74. The summed E-state index contributed by atoms with van der Waals surface area (Å²) in [5, 5.41) is 9.74. The highest BCUT2D eigenvalue weighted by atomic mass is 32.2. The molecule has 1 aliphatic rings. The Morgan fingerprint density at radius 2 is 2.00 bits per heavy atom. The van der Waals surface area contributed by atoms with Gasteiger partial charge in [0.2, 0.25) is 5.91 Å². The van der Waals surface area contributed by atoms with Crippen molar-refractivity contribution in [3.8, 4) is 0 Å². The molecule has 0 spiro atoms. The number of nitrogens with one attached hydrogen (secondary N) is 2. The van der Waals surface area contributed by atoms with Crippen LogP contribution in [0.25, 0.3) is 0 Å². The summed E-state index contributed by atoms with van der Waals surface area (Å²) < 4.78 is 22.8. The van der Waals surface area contributed by atoms with Gasteiger partial charge in [0, 0.05) is 23.9 Å². The van der Waals surface area contributed by atoms with Crippen LogP contribution in [0.5, 0.6) is 0 Å². The average Bonchev–Trinajstić information content (AvgIpc) is 3.19. The molecule has 7 heteroatoms. The van der Waals surface area contributed by atoms with Gasteiger partial charge >= 0.3 is 0 Å². The number of hydrogen-bond donors (Lipinski definition) is 2. The summed E-state index contributed by atoms with van der Waals surface area (Å²) in [6, 6.07) is 8.18. The van der Waals surface area contributed by atoms with Crippen molar-refractivity contribution in [1.82, 2.24) is 10.2 Å². The van der Waals surface area contributed by atoms with Crippen LogP contribution in [0.4, 0.5) is 5.82 Å². The van der Waals surface area contributed by atoms with Gasteiger partial charge < -0.3 is 5.32 Å². The van der Waals surface area contributed by atoms with Gasteiger partial charge in [0.15, 0.2) is 15.7 Å². The molecule has 22 heavy (non-hydrogen) atoms. The first-order chi connectivity index (χ1) is 10.4. The molecule has 1 aliphatic carbocycles. The van der Waals surface area contributed by atoms with Gasteiger partial charge in [0.25, 0.3) is 0 Å². The molecule has 0 aliphatic heterocycles. The summed E-state index contributed by atoms with van der Waals surface area (Å²) in [5.74, 6) is 0.905. The minimum atomic E-state index is -3.21. The summed E-state index contributed by atoms with van der Waals surface area (Å²) in [6.07, 6.45) is 3.67. The van der Waals surface area contributed by atoms with E-state index < -0.39 is 9.84 Å². The number of benzene rings is 1. The van der Waals surface area contributed by atoms with E-state index in [1.165, 1.54) is 25.0 Å². The van der Waals surface area contributed by atoms with E-state index in [9.17, 15) is 13.2 Å². The SMILES string of the molecule is CS(=O)(=O)c1ccc(CC(=O)Nc2cc(C3CC3)[nH]n2)cc1. The van der Waals surface area contributed by atoms with Crippen LogP contribution in [0.2, 0.25) is 0 Å². The number of amides is 1. The quantitative estimate of drug-likeness (QED) is 0.880. The Hall–Kier alpha value is -2.15. The van der Waals surface area contributed by atoms with Crippen LogP contribution in [-0.4, -0.2) is 30.8 Å². The van der Waals surface area contributed by atoms with Gasteiger partial charge in [0.1, 0.15) is 0 Å². The number of hydrogen-bond acceptors (Lipinski definition) is 4. The number of aromatic amines is 1. The van der Waals surface area contributed by atoms with E-state index in [4.69, 9.17) is 0 Å². The fourth-order valence-electron chi connectivity index (χ4n) is 2.23. The van der Waals surface area contributed by atoms with Crippen molar-refractivity contribution in [3.63, 3.8) is 0 Å². The molecule has 1 amide bonds. The second kappa shape index (κ2) is 5.57. The number of carbonyl (C=O) groups excluding carboxylic acids is 1. The lowest BCUT2D eigenvalue weighted by Gasteiger charge is -2.03. The van der Waals surface area contributed by atoms with Crippen LogP contribution in [0.1, 0.15) is 30.0 Å².